The summed E-state index contributed by atoms with van der Waals surface area (Å²) in [5.74, 6) is -2.58. The number of alkyl halides is 3. The first-order valence-corrected chi connectivity index (χ1v) is 6.84. The first-order valence-electron chi connectivity index (χ1n) is 6.84. The average Bonchev–Trinajstić information content (AvgIpc) is 2.63. The van der Waals surface area contributed by atoms with Crippen LogP contribution in [0, 0.1) is 0 Å². The molecule has 1 aromatic carbocycles. The van der Waals surface area contributed by atoms with Gasteiger partial charge >= 0.3 is 12.1 Å². The Morgan fingerprint density at radius 2 is 1.78 bits per heavy atom. The lowest BCUT2D eigenvalue weighted by atomic mass is 10.1. The molecule has 23 heavy (non-hydrogen) atoms. The number of likely N-dealkylation sites (N-methyl/N-ethyl adjacent to an activating group) is 1. The Bertz CT molecular complexity index is 559. The van der Waals surface area contributed by atoms with Crippen molar-refractivity contribution in [3.8, 4) is 0 Å². The fourth-order valence-electron chi connectivity index (χ4n) is 2.08. The summed E-state index contributed by atoms with van der Waals surface area (Å²) >= 11 is 0. The summed E-state index contributed by atoms with van der Waals surface area (Å²) < 4.78 is 31.7. The fourth-order valence-corrected chi connectivity index (χ4v) is 2.08. The van der Waals surface area contributed by atoms with Gasteiger partial charge < -0.3 is 10.0 Å². The van der Waals surface area contributed by atoms with Crippen LogP contribution in [0.25, 0.3) is 0 Å². The molecule has 5 nitrogen and oxygen atoms in total. The Hall–Kier alpha value is -2.09. The van der Waals surface area contributed by atoms with Crippen molar-refractivity contribution in [2.45, 2.75) is 38.1 Å². The molecule has 128 valence electrons. The van der Waals surface area contributed by atoms with Crippen molar-refractivity contribution in [1.82, 2.24) is 10.2 Å². The smallest absolute Gasteiger partial charge is 0.475 e. The van der Waals surface area contributed by atoms with Crippen LogP contribution >= 0.6 is 0 Å². The first-order chi connectivity index (χ1) is 10.4. The van der Waals surface area contributed by atoms with Crippen LogP contribution in [0.4, 0.5) is 13.2 Å². The van der Waals surface area contributed by atoms with Crippen LogP contribution in [-0.4, -0.2) is 46.8 Å². The van der Waals surface area contributed by atoms with Crippen molar-refractivity contribution in [2.24, 2.45) is 0 Å². The van der Waals surface area contributed by atoms with Crippen LogP contribution in [0.5, 0.6) is 0 Å². The molecule has 0 radical (unpaired) electrons. The number of nitrogens with zero attached hydrogens (tertiary/aromatic N) is 1. The van der Waals surface area contributed by atoms with E-state index < -0.39 is 12.1 Å². The van der Waals surface area contributed by atoms with E-state index in [0.717, 1.165) is 6.42 Å². The molecule has 0 aliphatic carbocycles. The third-order valence-electron chi connectivity index (χ3n) is 3.52. The molecule has 8 heteroatoms. The van der Waals surface area contributed by atoms with Crippen molar-refractivity contribution in [2.75, 3.05) is 7.05 Å². The molecule has 0 spiro atoms. The van der Waals surface area contributed by atoms with Crippen molar-refractivity contribution in [3.63, 3.8) is 0 Å². The van der Waals surface area contributed by atoms with E-state index in [-0.39, 0.29) is 17.6 Å². The minimum absolute atomic E-state index is 0.0950. The highest BCUT2D eigenvalue weighted by Gasteiger charge is 2.41. The van der Waals surface area contributed by atoms with Crippen LogP contribution in [0.2, 0.25) is 0 Å². The summed E-state index contributed by atoms with van der Waals surface area (Å²) in [6, 6.07) is 10.0. The van der Waals surface area contributed by atoms with E-state index >= 15 is 0 Å². The maximum atomic E-state index is 12.0. The van der Waals surface area contributed by atoms with Gasteiger partial charge in [0.25, 0.3) is 0 Å². The molecule has 0 aromatic heterocycles. The summed E-state index contributed by atoms with van der Waals surface area (Å²) in [6.07, 6.45) is -4.33. The first kappa shape index (κ1) is 19.0. The summed E-state index contributed by atoms with van der Waals surface area (Å²) in [5.41, 5.74) is 0.954. The lowest BCUT2D eigenvalue weighted by Gasteiger charge is -2.27. The van der Waals surface area contributed by atoms with Crippen molar-refractivity contribution in [3.05, 3.63) is 35.9 Å². The standard InChI is InChI=1S/C13H18N2O.C2HF3O2/c1-13(2)14-11(12(16)15(13)3)9-10-7-5-4-6-8-10;3-2(4,5)1(6)7/h4-8,11,14H,9H2,1-3H3;(H,6,7)/t11-;/m0./s1. The van der Waals surface area contributed by atoms with Gasteiger partial charge in [-0.1, -0.05) is 30.3 Å². The van der Waals surface area contributed by atoms with Gasteiger partial charge in [-0.2, -0.15) is 13.2 Å². The predicted octanol–water partition coefficient (Wildman–Crippen LogP) is 2.03. The second-order valence-electron chi connectivity index (χ2n) is 5.65. The highest BCUT2D eigenvalue weighted by Crippen LogP contribution is 2.20. The van der Waals surface area contributed by atoms with Gasteiger partial charge in [-0.05, 0) is 25.8 Å². The fraction of sp³-hybridized carbons (Fsp3) is 0.467. The third-order valence-corrected chi connectivity index (χ3v) is 3.52. The molecule has 1 saturated heterocycles. The van der Waals surface area contributed by atoms with Gasteiger partial charge in [0.05, 0.1) is 11.7 Å². The monoisotopic (exact) mass is 332 g/mol. The van der Waals surface area contributed by atoms with Gasteiger partial charge in [0.2, 0.25) is 5.91 Å². The summed E-state index contributed by atoms with van der Waals surface area (Å²) in [7, 11) is 1.85. The number of halogens is 3. The van der Waals surface area contributed by atoms with Crippen LogP contribution in [0.3, 0.4) is 0 Å². The third kappa shape index (κ3) is 5.24. The van der Waals surface area contributed by atoms with Gasteiger partial charge in [0, 0.05) is 7.05 Å². The normalized spacial score (nSPS) is 20.0. The van der Waals surface area contributed by atoms with E-state index in [1.54, 1.807) is 4.90 Å². The Morgan fingerprint density at radius 1 is 1.30 bits per heavy atom. The minimum atomic E-state index is -5.08. The second-order valence-corrected chi connectivity index (χ2v) is 5.65. The molecule has 0 bridgehead atoms. The maximum Gasteiger partial charge on any atom is 0.490 e. The quantitative estimate of drug-likeness (QED) is 0.869. The predicted molar refractivity (Wildman–Crippen MR) is 77.6 cm³/mol. The van der Waals surface area contributed by atoms with Crippen LogP contribution in [-0.2, 0) is 16.0 Å². The van der Waals surface area contributed by atoms with E-state index in [9.17, 15) is 18.0 Å². The van der Waals surface area contributed by atoms with Crippen LogP contribution in [0.15, 0.2) is 30.3 Å². The van der Waals surface area contributed by atoms with Crippen molar-refractivity contribution in [1.29, 1.82) is 0 Å². The molecular formula is C15H19F3N2O3. The Kier molecular flexibility index (Phi) is 5.76. The average molecular weight is 332 g/mol. The van der Waals surface area contributed by atoms with Gasteiger partial charge in [-0.3, -0.25) is 10.1 Å². The number of benzene rings is 1. The number of carboxylic acids is 1. The Balaban J connectivity index is 0.000000322. The maximum absolute atomic E-state index is 12.0. The second kappa shape index (κ2) is 6.99. The molecule has 2 N–H and O–H groups in total. The lowest BCUT2D eigenvalue weighted by Crippen LogP contribution is -2.45. The number of nitrogens with one attached hydrogen (secondary N) is 1. The van der Waals surface area contributed by atoms with Gasteiger partial charge in [0.1, 0.15) is 0 Å². The number of carbonyl (C=O) groups excluding carboxylic acids is 1. The SMILES string of the molecule is CN1C(=O)[C@H](Cc2ccccc2)NC1(C)C.O=C(O)C(F)(F)F. The molecule has 0 unspecified atom stereocenters. The molecule has 1 heterocycles. The molecule has 2 rings (SSSR count). The van der Waals surface area contributed by atoms with E-state index in [0.29, 0.717) is 0 Å². The van der Waals surface area contributed by atoms with Crippen LogP contribution in [0.1, 0.15) is 19.4 Å². The highest BCUT2D eigenvalue weighted by atomic mass is 19.4. The number of carbonyl (C=O) groups is 2. The number of rotatable bonds is 2. The number of hydrogen-bond acceptors (Lipinski definition) is 3. The summed E-state index contributed by atoms with van der Waals surface area (Å²) in [4.78, 5) is 22.7. The molecule has 1 aliphatic rings. The number of amides is 1. The summed E-state index contributed by atoms with van der Waals surface area (Å²) in [5, 5.41) is 10.5. The number of hydrogen-bond donors (Lipinski definition) is 2. The van der Waals surface area contributed by atoms with Gasteiger partial charge in [-0.25, -0.2) is 4.79 Å². The molecule has 1 fully saturated rings. The van der Waals surface area contributed by atoms with Crippen molar-refractivity contribution < 1.29 is 27.9 Å². The van der Waals surface area contributed by atoms with E-state index in [4.69, 9.17) is 9.90 Å². The van der Waals surface area contributed by atoms with E-state index in [2.05, 4.69) is 17.4 Å². The molecular weight excluding hydrogens is 313 g/mol. The van der Waals surface area contributed by atoms with E-state index in [1.807, 2.05) is 39.1 Å². The minimum Gasteiger partial charge on any atom is -0.475 e. The summed E-state index contributed by atoms with van der Waals surface area (Å²) in [6.45, 7) is 4.05. The van der Waals surface area contributed by atoms with Gasteiger partial charge in [0.15, 0.2) is 0 Å². The van der Waals surface area contributed by atoms with Crippen LogP contribution < -0.4 is 5.32 Å². The zero-order valence-corrected chi connectivity index (χ0v) is 13.0. The molecule has 0 saturated carbocycles. The van der Waals surface area contributed by atoms with Gasteiger partial charge in [-0.15, -0.1) is 0 Å². The number of carboxylic acid groups (broad SMARTS) is 1. The highest BCUT2D eigenvalue weighted by molar-refractivity contribution is 5.85. The Labute approximate surface area is 132 Å². The molecule has 1 atom stereocenters. The molecule has 1 amide bonds. The largest absolute Gasteiger partial charge is 0.490 e. The van der Waals surface area contributed by atoms with Crippen molar-refractivity contribution >= 4 is 11.9 Å². The molecule has 1 aromatic rings. The van der Waals surface area contributed by atoms with E-state index in [1.165, 1.54) is 5.56 Å². The topological polar surface area (TPSA) is 69.6 Å². The molecule has 1 aliphatic heterocycles. The zero-order valence-electron chi connectivity index (χ0n) is 13.0. The zero-order chi connectivity index (χ0) is 17.8. The lowest BCUT2D eigenvalue weighted by molar-refractivity contribution is -0.192. The Morgan fingerprint density at radius 3 is 2.13 bits per heavy atom. The number of aliphatic carboxylic acids is 1.